The summed E-state index contributed by atoms with van der Waals surface area (Å²) >= 11 is 1.60. The van der Waals surface area contributed by atoms with Gasteiger partial charge in [0, 0.05) is 18.7 Å². The second-order valence-corrected chi connectivity index (χ2v) is 4.29. The Balaban J connectivity index is 2.10. The molecular formula is C9H17N3OS. The molecule has 5 heteroatoms. The molecular weight excluding hydrogens is 198 g/mol. The van der Waals surface area contributed by atoms with Crippen LogP contribution >= 0.6 is 11.8 Å². The van der Waals surface area contributed by atoms with E-state index in [4.69, 9.17) is 10.2 Å². The van der Waals surface area contributed by atoms with E-state index in [0.29, 0.717) is 17.2 Å². The monoisotopic (exact) mass is 215 g/mol. The van der Waals surface area contributed by atoms with E-state index in [1.54, 1.807) is 18.7 Å². The van der Waals surface area contributed by atoms with Gasteiger partial charge < -0.3 is 10.2 Å². The Bertz CT molecular complexity index is 264. The second kappa shape index (κ2) is 6.03. The van der Waals surface area contributed by atoms with Crippen LogP contribution in [0.1, 0.15) is 32.1 Å². The van der Waals surface area contributed by atoms with Crippen molar-refractivity contribution in [3.05, 3.63) is 5.89 Å². The van der Waals surface area contributed by atoms with Gasteiger partial charge in [-0.05, 0) is 19.3 Å². The molecule has 0 radical (unpaired) electrons. The molecule has 14 heavy (non-hydrogen) atoms. The van der Waals surface area contributed by atoms with Gasteiger partial charge in [-0.15, -0.1) is 10.2 Å². The maximum absolute atomic E-state index is 5.80. The highest BCUT2D eigenvalue weighted by Gasteiger charge is 2.03. The summed E-state index contributed by atoms with van der Waals surface area (Å²) in [5.41, 5.74) is 5.80. The Kier molecular flexibility index (Phi) is 4.97. The van der Waals surface area contributed by atoms with Crippen molar-refractivity contribution in [2.75, 3.05) is 5.75 Å². The van der Waals surface area contributed by atoms with E-state index < -0.39 is 0 Å². The average molecular weight is 215 g/mol. The molecule has 1 heterocycles. The van der Waals surface area contributed by atoms with Crippen LogP contribution in [-0.4, -0.2) is 22.0 Å². The van der Waals surface area contributed by atoms with Crippen LogP contribution in [0.4, 0.5) is 0 Å². The van der Waals surface area contributed by atoms with Gasteiger partial charge in [-0.3, -0.25) is 0 Å². The Hall–Kier alpha value is -0.550. The van der Waals surface area contributed by atoms with E-state index in [2.05, 4.69) is 17.1 Å². The third-order valence-corrected chi connectivity index (χ3v) is 2.88. The lowest BCUT2D eigenvalue weighted by atomic mass is 10.1. The number of hydrogen-bond acceptors (Lipinski definition) is 5. The van der Waals surface area contributed by atoms with Crippen LogP contribution in [0, 0.1) is 6.92 Å². The summed E-state index contributed by atoms with van der Waals surface area (Å²) in [6.07, 6.45) is 3.21. The van der Waals surface area contributed by atoms with E-state index in [1.807, 2.05) is 0 Å². The molecule has 0 spiro atoms. The molecule has 0 aliphatic rings. The quantitative estimate of drug-likeness (QED) is 0.580. The zero-order valence-electron chi connectivity index (χ0n) is 8.69. The minimum atomic E-state index is 0.333. The molecule has 80 valence electrons. The first-order valence-corrected chi connectivity index (χ1v) is 5.89. The standard InChI is InChI=1S/C9H17N3OS/c1-3-8(10)5-4-6-14-9-12-11-7(2)13-9/h8H,3-6,10H2,1-2H3. The van der Waals surface area contributed by atoms with Crippen LogP contribution in [0.25, 0.3) is 0 Å². The lowest BCUT2D eigenvalue weighted by Gasteiger charge is -2.06. The third kappa shape index (κ3) is 4.11. The van der Waals surface area contributed by atoms with Crippen molar-refractivity contribution in [1.82, 2.24) is 10.2 Å². The highest BCUT2D eigenvalue weighted by Crippen LogP contribution is 2.17. The number of thioether (sulfide) groups is 1. The minimum Gasteiger partial charge on any atom is -0.416 e. The fraction of sp³-hybridized carbons (Fsp3) is 0.778. The molecule has 1 unspecified atom stereocenters. The molecule has 2 N–H and O–H groups in total. The van der Waals surface area contributed by atoms with E-state index in [-0.39, 0.29) is 0 Å². The van der Waals surface area contributed by atoms with Crippen LogP contribution in [-0.2, 0) is 0 Å². The van der Waals surface area contributed by atoms with Crippen LogP contribution < -0.4 is 5.73 Å². The van der Waals surface area contributed by atoms with Crippen LogP contribution in [0.3, 0.4) is 0 Å². The maximum Gasteiger partial charge on any atom is 0.276 e. The summed E-state index contributed by atoms with van der Waals surface area (Å²) in [7, 11) is 0. The van der Waals surface area contributed by atoms with Gasteiger partial charge in [0.05, 0.1) is 0 Å². The SMILES string of the molecule is CCC(N)CCCSc1nnc(C)o1. The van der Waals surface area contributed by atoms with Gasteiger partial charge in [-0.2, -0.15) is 0 Å². The molecule has 0 aliphatic heterocycles. The van der Waals surface area contributed by atoms with Gasteiger partial charge in [0.2, 0.25) is 5.89 Å². The molecule has 0 fully saturated rings. The molecule has 0 bridgehead atoms. The summed E-state index contributed by atoms with van der Waals surface area (Å²) in [5, 5.41) is 8.31. The van der Waals surface area contributed by atoms with E-state index in [9.17, 15) is 0 Å². The molecule has 0 aliphatic carbocycles. The van der Waals surface area contributed by atoms with Gasteiger partial charge in [0.15, 0.2) is 0 Å². The number of rotatable bonds is 6. The third-order valence-electron chi connectivity index (χ3n) is 1.98. The van der Waals surface area contributed by atoms with Gasteiger partial charge >= 0.3 is 0 Å². The smallest absolute Gasteiger partial charge is 0.276 e. The largest absolute Gasteiger partial charge is 0.416 e. The van der Waals surface area contributed by atoms with Gasteiger partial charge in [0.25, 0.3) is 5.22 Å². The zero-order valence-corrected chi connectivity index (χ0v) is 9.51. The maximum atomic E-state index is 5.80. The highest BCUT2D eigenvalue weighted by atomic mass is 32.2. The van der Waals surface area contributed by atoms with Crippen molar-refractivity contribution in [3.63, 3.8) is 0 Å². The van der Waals surface area contributed by atoms with E-state index in [0.717, 1.165) is 25.0 Å². The summed E-state index contributed by atoms with van der Waals surface area (Å²) in [4.78, 5) is 0. The first-order chi connectivity index (χ1) is 6.72. The molecule has 0 saturated heterocycles. The van der Waals surface area contributed by atoms with Crippen LogP contribution in [0.5, 0.6) is 0 Å². The average Bonchev–Trinajstić information content (AvgIpc) is 2.58. The van der Waals surface area contributed by atoms with Gasteiger partial charge in [0.1, 0.15) is 0 Å². The Morgan fingerprint density at radius 3 is 2.86 bits per heavy atom. The fourth-order valence-corrected chi connectivity index (χ4v) is 1.81. The molecule has 1 aromatic heterocycles. The van der Waals surface area contributed by atoms with Gasteiger partial charge in [-0.1, -0.05) is 18.7 Å². The molecule has 0 aromatic carbocycles. The minimum absolute atomic E-state index is 0.333. The molecule has 1 atom stereocenters. The summed E-state index contributed by atoms with van der Waals surface area (Å²) in [6, 6.07) is 0.333. The predicted molar refractivity (Wildman–Crippen MR) is 57.3 cm³/mol. The first kappa shape index (κ1) is 11.5. The summed E-state index contributed by atoms with van der Waals surface area (Å²) in [5.74, 6) is 1.62. The number of hydrogen-bond donors (Lipinski definition) is 1. The van der Waals surface area contributed by atoms with E-state index >= 15 is 0 Å². The second-order valence-electron chi connectivity index (χ2n) is 3.25. The van der Waals surface area contributed by atoms with Crippen LogP contribution in [0.2, 0.25) is 0 Å². The molecule has 1 rings (SSSR count). The predicted octanol–water partition coefficient (Wildman–Crippen LogP) is 1.99. The van der Waals surface area contributed by atoms with Crippen molar-refractivity contribution in [1.29, 1.82) is 0 Å². The molecule has 0 saturated carbocycles. The number of aromatic nitrogens is 2. The normalized spacial score (nSPS) is 13.1. The Morgan fingerprint density at radius 2 is 2.29 bits per heavy atom. The summed E-state index contributed by atoms with van der Waals surface area (Å²) < 4.78 is 5.23. The van der Waals surface area contributed by atoms with Crippen LogP contribution in [0.15, 0.2) is 9.64 Å². The number of aryl methyl sites for hydroxylation is 1. The number of nitrogens with zero attached hydrogens (tertiary/aromatic N) is 2. The Morgan fingerprint density at radius 1 is 1.50 bits per heavy atom. The fourth-order valence-electron chi connectivity index (χ4n) is 1.05. The van der Waals surface area contributed by atoms with Crippen molar-refractivity contribution in [2.45, 2.75) is 44.4 Å². The van der Waals surface area contributed by atoms with Crippen molar-refractivity contribution >= 4 is 11.8 Å². The number of nitrogens with two attached hydrogens (primary N) is 1. The molecule has 4 nitrogen and oxygen atoms in total. The lowest BCUT2D eigenvalue weighted by Crippen LogP contribution is -2.18. The molecule has 1 aromatic rings. The van der Waals surface area contributed by atoms with E-state index in [1.165, 1.54) is 0 Å². The van der Waals surface area contributed by atoms with Crippen molar-refractivity contribution in [2.24, 2.45) is 5.73 Å². The highest BCUT2D eigenvalue weighted by molar-refractivity contribution is 7.99. The lowest BCUT2D eigenvalue weighted by molar-refractivity contribution is 0.429. The van der Waals surface area contributed by atoms with Gasteiger partial charge in [-0.25, -0.2) is 0 Å². The van der Waals surface area contributed by atoms with Crippen molar-refractivity contribution in [3.8, 4) is 0 Å². The first-order valence-electron chi connectivity index (χ1n) is 4.91. The topological polar surface area (TPSA) is 64.9 Å². The Labute approximate surface area is 88.7 Å². The summed E-state index contributed by atoms with van der Waals surface area (Å²) in [6.45, 7) is 3.91. The molecule has 0 amide bonds. The zero-order chi connectivity index (χ0) is 10.4. The van der Waals surface area contributed by atoms with Crippen molar-refractivity contribution < 1.29 is 4.42 Å².